The predicted octanol–water partition coefficient (Wildman–Crippen LogP) is 1.78. The molecule has 5 nitrogen and oxygen atoms in total. The van der Waals surface area contributed by atoms with Gasteiger partial charge in [-0.3, -0.25) is 0 Å². The lowest BCUT2D eigenvalue weighted by Gasteiger charge is -2.28. The number of sulfonamides is 1. The van der Waals surface area contributed by atoms with Gasteiger partial charge in [-0.25, -0.2) is 13.6 Å². The maximum Gasteiger partial charge on any atom is 0.238 e. The standard InChI is InChI=1S/C15H26N2O3S/c1-11(18)9-15(3,4)10-17-12(2)13-5-7-14(8-6-13)21(16,19)20/h5-8,11-12,17-18H,9-10H2,1-4H3,(H2,16,19,20). The van der Waals surface area contributed by atoms with Gasteiger partial charge in [0.1, 0.15) is 0 Å². The zero-order valence-corrected chi connectivity index (χ0v) is 13.9. The smallest absolute Gasteiger partial charge is 0.238 e. The highest BCUT2D eigenvalue weighted by atomic mass is 32.2. The fourth-order valence-corrected chi connectivity index (χ4v) is 2.88. The Kier molecular flexibility index (Phi) is 5.92. The molecule has 21 heavy (non-hydrogen) atoms. The van der Waals surface area contributed by atoms with Gasteiger partial charge in [0.2, 0.25) is 10.0 Å². The molecule has 0 saturated carbocycles. The highest BCUT2D eigenvalue weighted by Gasteiger charge is 2.21. The normalized spacial score (nSPS) is 15.7. The van der Waals surface area contributed by atoms with E-state index in [2.05, 4.69) is 19.2 Å². The van der Waals surface area contributed by atoms with Crippen LogP contribution in [0.15, 0.2) is 29.2 Å². The monoisotopic (exact) mass is 314 g/mol. The topological polar surface area (TPSA) is 92.4 Å². The van der Waals surface area contributed by atoms with E-state index in [0.29, 0.717) is 0 Å². The first-order valence-corrected chi connectivity index (χ1v) is 8.60. The summed E-state index contributed by atoms with van der Waals surface area (Å²) >= 11 is 0. The third-order valence-electron chi connectivity index (χ3n) is 3.44. The first-order chi connectivity index (χ1) is 9.51. The molecule has 0 fully saturated rings. The van der Waals surface area contributed by atoms with Crippen molar-refractivity contribution in [2.75, 3.05) is 6.54 Å². The van der Waals surface area contributed by atoms with Gasteiger partial charge in [-0.2, -0.15) is 0 Å². The second-order valence-electron chi connectivity index (χ2n) is 6.43. The Hall–Kier alpha value is -0.950. The Morgan fingerprint density at radius 1 is 1.24 bits per heavy atom. The first kappa shape index (κ1) is 18.1. The molecule has 0 radical (unpaired) electrons. The van der Waals surface area contributed by atoms with Crippen LogP contribution in [-0.4, -0.2) is 26.2 Å². The van der Waals surface area contributed by atoms with Crippen LogP contribution >= 0.6 is 0 Å². The maximum absolute atomic E-state index is 11.2. The van der Waals surface area contributed by atoms with Gasteiger partial charge in [0, 0.05) is 12.6 Å². The number of hydrogen-bond donors (Lipinski definition) is 3. The molecule has 0 heterocycles. The van der Waals surface area contributed by atoms with Crippen molar-refractivity contribution in [1.29, 1.82) is 0 Å². The summed E-state index contributed by atoms with van der Waals surface area (Å²) < 4.78 is 22.4. The Morgan fingerprint density at radius 2 is 1.76 bits per heavy atom. The number of rotatable bonds is 7. The number of nitrogens with one attached hydrogen (secondary N) is 1. The summed E-state index contributed by atoms with van der Waals surface area (Å²) in [6.45, 7) is 8.77. The van der Waals surface area contributed by atoms with Crippen LogP contribution < -0.4 is 10.5 Å². The van der Waals surface area contributed by atoms with Gasteiger partial charge in [0.15, 0.2) is 0 Å². The largest absolute Gasteiger partial charge is 0.393 e. The fourth-order valence-electron chi connectivity index (χ4n) is 2.37. The van der Waals surface area contributed by atoms with Crippen LogP contribution in [0.1, 0.15) is 45.7 Å². The van der Waals surface area contributed by atoms with Gasteiger partial charge in [-0.15, -0.1) is 0 Å². The lowest BCUT2D eigenvalue weighted by molar-refractivity contribution is 0.127. The van der Waals surface area contributed by atoms with Crippen molar-refractivity contribution in [3.05, 3.63) is 29.8 Å². The molecule has 0 spiro atoms. The minimum atomic E-state index is -3.64. The molecule has 1 aromatic rings. The van der Waals surface area contributed by atoms with Crippen LogP contribution in [0.3, 0.4) is 0 Å². The van der Waals surface area contributed by atoms with Crippen molar-refractivity contribution in [3.8, 4) is 0 Å². The van der Waals surface area contributed by atoms with E-state index in [1.807, 2.05) is 6.92 Å². The molecule has 2 atom stereocenters. The molecule has 1 rings (SSSR count). The number of primary sulfonamides is 1. The highest BCUT2D eigenvalue weighted by Crippen LogP contribution is 2.23. The number of nitrogens with two attached hydrogens (primary N) is 1. The molecule has 0 bridgehead atoms. The van der Waals surface area contributed by atoms with Crippen LogP contribution in [0.4, 0.5) is 0 Å². The van der Waals surface area contributed by atoms with E-state index >= 15 is 0 Å². The molecule has 0 saturated heterocycles. The quantitative estimate of drug-likeness (QED) is 0.715. The van der Waals surface area contributed by atoms with Crippen LogP contribution in [0.2, 0.25) is 0 Å². The van der Waals surface area contributed by atoms with Crippen LogP contribution in [0, 0.1) is 5.41 Å². The van der Waals surface area contributed by atoms with Crippen molar-refractivity contribution in [2.45, 2.75) is 51.2 Å². The van der Waals surface area contributed by atoms with Crippen molar-refractivity contribution in [1.82, 2.24) is 5.32 Å². The molecule has 120 valence electrons. The highest BCUT2D eigenvalue weighted by molar-refractivity contribution is 7.89. The maximum atomic E-state index is 11.2. The zero-order chi connectivity index (χ0) is 16.3. The van der Waals surface area contributed by atoms with Gasteiger partial charge in [-0.1, -0.05) is 26.0 Å². The van der Waals surface area contributed by atoms with Crippen LogP contribution in [0.5, 0.6) is 0 Å². The van der Waals surface area contributed by atoms with E-state index in [4.69, 9.17) is 5.14 Å². The molecule has 0 aromatic heterocycles. The minimum Gasteiger partial charge on any atom is -0.393 e. The molecular formula is C15H26N2O3S. The molecule has 0 amide bonds. The summed E-state index contributed by atoms with van der Waals surface area (Å²) in [4.78, 5) is 0.118. The number of aliphatic hydroxyl groups is 1. The van der Waals surface area contributed by atoms with Crippen molar-refractivity contribution in [3.63, 3.8) is 0 Å². The van der Waals surface area contributed by atoms with E-state index < -0.39 is 10.0 Å². The van der Waals surface area contributed by atoms with E-state index in [-0.39, 0.29) is 22.5 Å². The molecular weight excluding hydrogens is 288 g/mol. The molecule has 0 aliphatic heterocycles. The van der Waals surface area contributed by atoms with Crippen LogP contribution in [-0.2, 0) is 10.0 Å². The summed E-state index contributed by atoms with van der Waals surface area (Å²) in [6, 6.07) is 6.65. The minimum absolute atomic E-state index is 0.0109. The number of hydrogen-bond acceptors (Lipinski definition) is 4. The molecule has 6 heteroatoms. The van der Waals surface area contributed by atoms with Gasteiger partial charge in [0.05, 0.1) is 11.0 Å². The molecule has 0 aliphatic rings. The third kappa shape index (κ3) is 6.13. The summed E-state index contributed by atoms with van der Waals surface area (Å²) in [5, 5.41) is 18.0. The van der Waals surface area contributed by atoms with Gasteiger partial charge in [-0.05, 0) is 43.4 Å². The molecule has 2 unspecified atom stereocenters. The van der Waals surface area contributed by atoms with Crippen molar-refractivity contribution < 1.29 is 13.5 Å². The molecule has 4 N–H and O–H groups in total. The first-order valence-electron chi connectivity index (χ1n) is 7.05. The average molecular weight is 314 g/mol. The second-order valence-corrected chi connectivity index (χ2v) is 8.00. The third-order valence-corrected chi connectivity index (χ3v) is 4.37. The van der Waals surface area contributed by atoms with E-state index in [1.165, 1.54) is 12.1 Å². The molecule has 1 aromatic carbocycles. The van der Waals surface area contributed by atoms with Crippen molar-refractivity contribution >= 4 is 10.0 Å². The van der Waals surface area contributed by atoms with E-state index in [9.17, 15) is 13.5 Å². The Morgan fingerprint density at radius 3 is 2.19 bits per heavy atom. The van der Waals surface area contributed by atoms with Crippen molar-refractivity contribution in [2.24, 2.45) is 10.6 Å². The van der Waals surface area contributed by atoms with E-state index in [1.54, 1.807) is 19.1 Å². The SMILES string of the molecule is CC(O)CC(C)(C)CNC(C)c1ccc(S(N)(=O)=O)cc1. The second kappa shape index (κ2) is 6.87. The Balaban J connectivity index is 2.66. The predicted molar refractivity (Wildman–Crippen MR) is 84.3 cm³/mol. The summed E-state index contributed by atoms with van der Waals surface area (Å²) in [5.74, 6) is 0. The van der Waals surface area contributed by atoms with Crippen LogP contribution in [0.25, 0.3) is 0 Å². The average Bonchev–Trinajstić information content (AvgIpc) is 2.33. The summed E-state index contributed by atoms with van der Waals surface area (Å²) in [5.41, 5.74) is 0.985. The number of benzene rings is 1. The summed E-state index contributed by atoms with van der Waals surface area (Å²) in [6.07, 6.45) is 0.392. The fraction of sp³-hybridized carbons (Fsp3) is 0.600. The molecule has 0 aliphatic carbocycles. The summed E-state index contributed by atoms with van der Waals surface area (Å²) in [7, 11) is -3.64. The lowest BCUT2D eigenvalue weighted by Crippen LogP contribution is -2.33. The van der Waals surface area contributed by atoms with Gasteiger partial charge < -0.3 is 10.4 Å². The Labute approximate surface area is 127 Å². The number of aliphatic hydroxyl groups excluding tert-OH is 1. The van der Waals surface area contributed by atoms with Gasteiger partial charge >= 0.3 is 0 Å². The Bertz CT molecular complexity index is 551. The zero-order valence-electron chi connectivity index (χ0n) is 13.1. The van der Waals surface area contributed by atoms with E-state index in [0.717, 1.165) is 18.5 Å². The lowest BCUT2D eigenvalue weighted by atomic mass is 9.86. The van der Waals surface area contributed by atoms with Gasteiger partial charge in [0.25, 0.3) is 0 Å².